The van der Waals surface area contributed by atoms with Gasteiger partial charge in [-0.05, 0) is 35.9 Å². The van der Waals surface area contributed by atoms with Crippen LogP contribution in [0.3, 0.4) is 0 Å². The van der Waals surface area contributed by atoms with Crippen molar-refractivity contribution >= 4 is 50.7 Å². The van der Waals surface area contributed by atoms with E-state index < -0.39 is 40.3 Å². The normalized spacial score (nSPS) is 12.0. The summed E-state index contributed by atoms with van der Waals surface area (Å²) < 4.78 is 42.5. The maximum absolute atomic E-state index is 13.6. The Labute approximate surface area is 202 Å². The second-order valence-corrected chi connectivity index (χ2v) is 8.90. The van der Waals surface area contributed by atoms with Crippen LogP contribution in [0.15, 0.2) is 62.8 Å². The molecule has 12 heteroatoms. The van der Waals surface area contributed by atoms with Crippen LogP contribution in [0.5, 0.6) is 0 Å². The van der Waals surface area contributed by atoms with Crippen LogP contribution in [-0.4, -0.2) is 25.2 Å². The van der Waals surface area contributed by atoms with Crippen LogP contribution in [0, 0.1) is 0 Å². The Bertz CT molecular complexity index is 1760. The lowest BCUT2D eigenvalue weighted by atomic mass is 10.1. The van der Waals surface area contributed by atoms with Gasteiger partial charge < -0.3 is 14.7 Å². The van der Waals surface area contributed by atoms with Crippen LogP contribution < -0.4 is 11.2 Å². The summed E-state index contributed by atoms with van der Waals surface area (Å²) in [7, 11) is 0. The van der Waals surface area contributed by atoms with Gasteiger partial charge in [0, 0.05) is 27.7 Å². The fourth-order valence-corrected chi connectivity index (χ4v) is 5.05. The number of aromatic carboxylic acids is 1. The van der Waals surface area contributed by atoms with Crippen molar-refractivity contribution in [3.05, 3.63) is 95.9 Å². The number of benzene rings is 2. The molecule has 0 aliphatic heterocycles. The van der Waals surface area contributed by atoms with Crippen LogP contribution in [0.25, 0.3) is 27.5 Å². The van der Waals surface area contributed by atoms with Crippen LogP contribution in [0.1, 0.15) is 21.6 Å². The molecule has 3 aromatic heterocycles. The number of aromatic amines is 1. The SMILES string of the molecule is O=C(O)c1c(-n2c(=O)[nH]c3cscc3c2=O)c2cc(C(F)(F)F)ccc2n1Cc1cccc(Cl)c1. The van der Waals surface area contributed by atoms with E-state index in [0.29, 0.717) is 15.2 Å². The molecule has 0 radical (unpaired) electrons. The predicted octanol–water partition coefficient (Wildman–Crippen LogP) is 5.11. The lowest BCUT2D eigenvalue weighted by Crippen LogP contribution is -2.34. The first-order valence-corrected chi connectivity index (χ1v) is 11.3. The highest BCUT2D eigenvalue weighted by atomic mass is 35.5. The molecule has 0 aliphatic carbocycles. The van der Waals surface area contributed by atoms with Gasteiger partial charge in [0.1, 0.15) is 0 Å². The van der Waals surface area contributed by atoms with Crippen molar-refractivity contribution in [1.82, 2.24) is 14.1 Å². The summed E-state index contributed by atoms with van der Waals surface area (Å²) in [6.45, 7) is -0.0859. The van der Waals surface area contributed by atoms with E-state index in [-0.39, 0.29) is 28.4 Å². The van der Waals surface area contributed by atoms with Gasteiger partial charge in [-0.1, -0.05) is 23.7 Å². The molecular weight excluding hydrogens is 507 g/mol. The van der Waals surface area contributed by atoms with Gasteiger partial charge in [-0.2, -0.15) is 13.2 Å². The van der Waals surface area contributed by atoms with Gasteiger partial charge in [0.05, 0.1) is 27.7 Å². The maximum Gasteiger partial charge on any atom is 0.416 e. The van der Waals surface area contributed by atoms with Crippen molar-refractivity contribution in [1.29, 1.82) is 0 Å². The highest BCUT2D eigenvalue weighted by molar-refractivity contribution is 7.09. The van der Waals surface area contributed by atoms with Crippen molar-refractivity contribution in [3.63, 3.8) is 0 Å². The van der Waals surface area contributed by atoms with Crippen molar-refractivity contribution in [2.75, 3.05) is 0 Å². The second kappa shape index (κ2) is 8.14. The molecule has 5 aromatic rings. The fraction of sp³-hybridized carbons (Fsp3) is 0.0870. The molecule has 0 saturated heterocycles. The summed E-state index contributed by atoms with van der Waals surface area (Å²) in [4.78, 5) is 41.1. The summed E-state index contributed by atoms with van der Waals surface area (Å²) in [6, 6.07) is 9.21. The number of carbonyl (C=O) groups is 1. The maximum atomic E-state index is 13.6. The van der Waals surface area contributed by atoms with Gasteiger partial charge in [0.15, 0.2) is 5.69 Å². The summed E-state index contributed by atoms with van der Waals surface area (Å²) in [5.74, 6) is -1.52. The number of H-pyrrole nitrogens is 1. The number of thiophene rings is 1. The number of alkyl halides is 3. The molecule has 0 fully saturated rings. The Hall–Kier alpha value is -3.83. The summed E-state index contributed by atoms with van der Waals surface area (Å²) in [6.07, 6.45) is -4.74. The minimum atomic E-state index is -4.74. The summed E-state index contributed by atoms with van der Waals surface area (Å²) >= 11 is 7.19. The fourth-order valence-electron chi connectivity index (χ4n) is 4.08. The number of nitrogens with zero attached hydrogens (tertiary/aromatic N) is 2. The average molecular weight is 520 g/mol. The zero-order chi connectivity index (χ0) is 25.1. The topological polar surface area (TPSA) is 97.1 Å². The first-order valence-electron chi connectivity index (χ1n) is 9.99. The van der Waals surface area contributed by atoms with Crippen molar-refractivity contribution in [2.45, 2.75) is 12.7 Å². The molecule has 0 saturated carbocycles. The Kier molecular flexibility index (Phi) is 5.33. The Morgan fingerprint density at radius 3 is 2.54 bits per heavy atom. The van der Waals surface area contributed by atoms with Gasteiger partial charge in [-0.15, -0.1) is 11.3 Å². The van der Waals surface area contributed by atoms with Crippen LogP contribution in [0.4, 0.5) is 13.2 Å². The number of hydrogen-bond donors (Lipinski definition) is 2. The standard InChI is InChI=1S/C23H13ClF3N3O4S/c24-13-3-1-2-11(6-13)8-29-17-5-4-12(23(25,26)27)7-14(17)18(19(29)21(32)33)30-20(31)15-9-35-10-16(15)28-22(30)34/h1-7,9-10H,8H2,(H,28,34)(H,32,33). The van der Waals surface area contributed by atoms with E-state index in [4.69, 9.17) is 11.6 Å². The molecule has 7 nitrogen and oxygen atoms in total. The molecular formula is C23H13ClF3N3O4S. The predicted molar refractivity (Wildman–Crippen MR) is 126 cm³/mol. The van der Waals surface area contributed by atoms with E-state index in [1.54, 1.807) is 24.3 Å². The molecule has 0 unspecified atom stereocenters. The minimum absolute atomic E-state index is 0.0859. The van der Waals surface area contributed by atoms with Gasteiger partial charge in [-0.25, -0.2) is 14.2 Å². The van der Waals surface area contributed by atoms with Crippen LogP contribution in [-0.2, 0) is 12.7 Å². The van der Waals surface area contributed by atoms with E-state index in [1.807, 2.05) is 0 Å². The lowest BCUT2D eigenvalue weighted by Gasteiger charge is -2.10. The number of fused-ring (bicyclic) bond motifs is 2. The zero-order valence-corrected chi connectivity index (χ0v) is 19.0. The number of nitrogens with one attached hydrogen (secondary N) is 1. The highest BCUT2D eigenvalue weighted by Gasteiger charge is 2.33. The third kappa shape index (κ3) is 3.82. The molecule has 0 aliphatic rings. The molecule has 0 bridgehead atoms. The van der Waals surface area contributed by atoms with Gasteiger partial charge in [-0.3, -0.25) is 4.79 Å². The Morgan fingerprint density at radius 2 is 1.86 bits per heavy atom. The number of carboxylic acids is 1. The first-order chi connectivity index (χ1) is 16.6. The Morgan fingerprint density at radius 1 is 1.09 bits per heavy atom. The lowest BCUT2D eigenvalue weighted by molar-refractivity contribution is -0.137. The van der Waals surface area contributed by atoms with E-state index >= 15 is 0 Å². The number of hydrogen-bond acceptors (Lipinski definition) is 4. The van der Waals surface area contributed by atoms with Gasteiger partial charge in [0.2, 0.25) is 0 Å². The monoisotopic (exact) mass is 519 g/mol. The summed E-state index contributed by atoms with van der Waals surface area (Å²) in [5, 5.41) is 13.4. The number of halogens is 4. The Balaban J connectivity index is 1.93. The highest BCUT2D eigenvalue weighted by Crippen LogP contribution is 2.36. The van der Waals surface area contributed by atoms with Crippen molar-refractivity contribution < 1.29 is 23.1 Å². The molecule has 0 atom stereocenters. The molecule has 2 aromatic carbocycles. The average Bonchev–Trinajstić information content (AvgIpc) is 3.36. The first kappa shape index (κ1) is 22.9. The summed E-state index contributed by atoms with van der Waals surface area (Å²) in [5.41, 5.74) is -2.91. The smallest absolute Gasteiger partial charge is 0.416 e. The van der Waals surface area contributed by atoms with E-state index in [0.717, 1.165) is 29.5 Å². The number of carboxylic acid groups (broad SMARTS) is 1. The largest absolute Gasteiger partial charge is 0.477 e. The van der Waals surface area contributed by atoms with E-state index in [1.165, 1.54) is 15.3 Å². The zero-order valence-electron chi connectivity index (χ0n) is 17.4. The third-order valence-electron chi connectivity index (χ3n) is 5.56. The van der Waals surface area contributed by atoms with Gasteiger partial charge >= 0.3 is 17.8 Å². The number of aromatic nitrogens is 3. The van der Waals surface area contributed by atoms with Crippen molar-refractivity contribution in [2.24, 2.45) is 0 Å². The van der Waals surface area contributed by atoms with Crippen LogP contribution in [0.2, 0.25) is 5.02 Å². The molecule has 0 amide bonds. The molecule has 0 spiro atoms. The number of rotatable bonds is 4. The van der Waals surface area contributed by atoms with Crippen molar-refractivity contribution in [3.8, 4) is 5.69 Å². The minimum Gasteiger partial charge on any atom is -0.477 e. The molecule has 3 heterocycles. The molecule has 5 rings (SSSR count). The van der Waals surface area contributed by atoms with E-state index in [2.05, 4.69) is 4.98 Å². The molecule has 35 heavy (non-hydrogen) atoms. The van der Waals surface area contributed by atoms with Crippen LogP contribution >= 0.6 is 22.9 Å². The van der Waals surface area contributed by atoms with E-state index in [9.17, 15) is 32.7 Å². The molecule has 2 N–H and O–H groups in total. The molecule has 178 valence electrons. The second-order valence-electron chi connectivity index (χ2n) is 7.72. The van der Waals surface area contributed by atoms with Gasteiger partial charge in [0.25, 0.3) is 5.56 Å². The quantitative estimate of drug-likeness (QED) is 0.345. The third-order valence-corrected chi connectivity index (χ3v) is 6.54.